The topological polar surface area (TPSA) is 55.6 Å². The number of carbonyl (C=O) groups excluding carboxylic acids is 1. The molecule has 0 radical (unpaired) electrons. The van der Waals surface area contributed by atoms with Gasteiger partial charge in [-0.1, -0.05) is 30.3 Å². The number of nitrogens with zero attached hydrogens (tertiary/aromatic N) is 1. The van der Waals surface area contributed by atoms with E-state index in [0.29, 0.717) is 13.0 Å². The number of hydrogen-bond acceptors (Lipinski definition) is 4. The Hall–Kier alpha value is -1.39. The fourth-order valence-electron chi connectivity index (χ4n) is 2.02. The minimum atomic E-state index is -0.168. The number of methoxy groups -OCH3 is 1. The van der Waals surface area contributed by atoms with Gasteiger partial charge in [0.2, 0.25) is 0 Å². The van der Waals surface area contributed by atoms with Crippen LogP contribution in [0.4, 0.5) is 0 Å². The summed E-state index contributed by atoms with van der Waals surface area (Å²) >= 11 is 0. The van der Waals surface area contributed by atoms with Crippen molar-refractivity contribution >= 4 is 5.97 Å². The van der Waals surface area contributed by atoms with E-state index in [9.17, 15) is 4.79 Å². The van der Waals surface area contributed by atoms with Crippen LogP contribution < -0.4 is 5.73 Å². The number of ether oxygens (including phenoxy) is 1. The van der Waals surface area contributed by atoms with Crippen LogP contribution in [0, 0.1) is 0 Å². The van der Waals surface area contributed by atoms with Crippen LogP contribution in [0.5, 0.6) is 0 Å². The lowest BCUT2D eigenvalue weighted by Gasteiger charge is -2.28. The highest BCUT2D eigenvalue weighted by atomic mass is 16.5. The molecule has 106 valence electrons. The van der Waals surface area contributed by atoms with Gasteiger partial charge in [-0.25, -0.2) is 0 Å². The molecule has 0 aliphatic carbocycles. The maximum absolute atomic E-state index is 11.4. The van der Waals surface area contributed by atoms with Gasteiger partial charge in [0.1, 0.15) is 0 Å². The van der Waals surface area contributed by atoms with Crippen LogP contribution in [0.15, 0.2) is 30.3 Å². The van der Waals surface area contributed by atoms with E-state index in [0.717, 1.165) is 19.5 Å². The summed E-state index contributed by atoms with van der Waals surface area (Å²) in [6.07, 6.45) is 1.34. The van der Waals surface area contributed by atoms with Crippen LogP contribution in [-0.2, 0) is 16.1 Å². The summed E-state index contributed by atoms with van der Waals surface area (Å²) in [5, 5.41) is 0. The van der Waals surface area contributed by atoms with Gasteiger partial charge in [0, 0.05) is 12.6 Å². The third-order valence-corrected chi connectivity index (χ3v) is 3.19. The standard InChI is InChI=1S/C15H24N2O2/c1-13(11-15(18)19-2)17(10-6-9-16)12-14-7-4-3-5-8-14/h3-5,7-8,13H,6,9-12,16H2,1-2H3. The van der Waals surface area contributed by atoms with Gasteiger partial charge in [-0.15, -0.1) is 0 Å². The molecule has 1 aromatic rings. The molecule has 0 saturated carbocycles. The molecule has 0 aliphatic rings. The van der Waals surface area contributed by atoms with Gasteiger partial charge in [-0.05, 0) is 32.0 Å². The normalized spacial score (nSPS) is 12.4. The summed E-state index contributed by atoms with van der Waals surface area (Å²) in [6, 6.07) is 10.4. The first-order chi connectivity index (χ1) is 9.17. The summed E-state index contributed by atoms with van der Waals surface area (Å²) in [5.41, 5.74) is 6.83. The first kappa shape index (κ1) is 15.7. The zero-order valence-electron chi connectivity index (χ0n) is 11.8. The maximum Gasteiger partial charge on any atom is 0.307 e. The van der Waals surface area contributed by atoms with E-state index in [-0.39, 0.29) is 12.0 Å². The van der Waals surface area contributed by atoms with E-state index in [1.807, 2.05) is 18.2 Å². The van der Waals surface area contributed by atoms with Crippen molar-refractivity contribution in [1.82, 2.24) is 4.90 Å². The molecule has 0 amide bonds. The monoisotopic (exact) mass is 264 g/mol. The molecule has 0 aliphatic heterocycles. The van der Waals surface area contributed by atoms with Gasteiger partial charge in [0.15, 0.2) is 0 Å². The van der Waals surface area contributed by atoms with Crippen LogP contribution in [-0.4, -0.2) is 37.1 Å². The zero-order valence-corrected chi connectivity index (χ0v) is 11.8. The van der Waals surface area contributed by atoms with Crippen molar-refractivity contribution in [2.75, 3.05) is 20.2 Å². The molecule has 4 heteroatoms. The Morgan fingerprint density at radius 2 is 2.05 bits per heavy atom. The average Bonchev–Trinajstić information content (AvgIpc) is 2.44. The minimum Gasteiger partial charge on any atom is -0.469 e. The number of rotatable bonds is 8. The molecule has 4 nitrogen and oxygen atoms in total. The Labute approximate surface area is 115 Å². The van der Waals surface area contributed by atoms with Crippen molar-refractivity contribution in [2.24, 2.45) is 5.73 Å². The Morgan fingerprint density at radius 1 is 1.37 bits per heavy atom. The van der Waals surface area contributed by atoms with E-state index < -0.39 is 0 Å². The second-order valence-electron chi connectivity index (χ2n) is 4.73. The molecular formula is C15H24N2O2. The largest absolute Gasteiger partial charge is 0.469 e. The van der Waals surface area contributed by atoms with Crippen LogP contribution in [0.2, 0.25) is 0 Å². The number of carbonyl (C=O) groups is 1. The van der Waals surface area contributed by atoms with Gasteiger partial charge >= 0.3 is 5.97 Å². The Kier molecular flexibility index (Phi) is 7.15. The summed E-state index contributed by atoms with van der Waals surface area (Å²) in [5.74, 6) is -0.168. The van der Waals surface area contributed by atoms with Gasteiger partial charge in [0.25, 0.3) is 0 Å². The number of nitrogens with two attached hydrogens (primary N) is 1. The van der Waals surface area contributed by atoms with Gasteiger partial charge < -0.3 is 10.5 Å². The average molecular weight is 264 g/mol. The van der Waals surface area contributed by atoms with E-state index in [4.69, 9.17) is 10.5 Å². The lowest BCUT2D eigenvalue weighted by molar-refractivity contribution is -0.142. The third-order valence-electron chi connectivity index (χ3n) is 3.19. The van der Waals surface area contributed by atoms with Crippen LogP contribution in [0.1, 0.15) is 25.3 Å². The van der Waals surface area contributed by atoms with Crippen molar-refractivity contribution in [3.05, 3.63) is 35.9 Å². The van der Waals surface area contributed by atoms with Crippen molar-refractivity contribution in [3.8, 4) is 0 Å². The van der Waals surface area contributed by atoms with E-state index in [2.05, 4.69) is 24.0 Å². The lowest BCUT2D eigenvalue weighted by Crippen LogP contribution is -2.36. The maximum atomic E-state index is 11.4. The number of esters is 1. The predicted molar refractivity (Wildman–Crippen MR) is 76.6 cm³/mol. The van der Waals surface area contributed by atoms with Crippen LogP contribution in [0.25, 0.3) is 0 Å². The third kappa shape index (κ3) is 5.85. The van der Waals surface area contributed by atoms with Crippen LogP contribution in [0.3, 0.4) is 0 Å². The molecule has 0 bridgehead atoms. The molecule has 1 rings (SSSR count). The summed E-state index contributed by atoms with van der Waals surface area (Å²) in [6.45, 7) is 4.44. The molecule has 0 spiro atoms. The van der Waals surface area contributed by atoms with E-state index in [1.165, 1.54) is 12.7 Å². The highest BCUT2D eigenvalue weighted by molar-refractivity contribution is 5.69. The van der Waals surface area contributed by atoms with E-state index in [1.54, 1.807) is 0 Å². The molecular weight excluding hydrogens is 240 g/mol. The summed E-state index contributed by atoms with van der Waals surface area (Å²) < 4.78 is 4.74. The Morgan fingerprint density at radius 3 is 2.63 bits per heavy atom. The van der Waals surface area contributed by atoms with Crippen molar-refractivity contribution in [2.45, 2.75) is 32.4 Å². The molecule has 1 unspecified atom stereocenters. The van der Waals surface area contributed by atoms with Gasteiger partial charge in [-0.3, -0.25) is 9.69 Å². The number of benzene rings is 1. The second kappa shape index (κ2) is 8.67. The predicted octanol–water partition coefficient (Wildman–Crippen LogP) is 1.79. The van der Waals surface area contributed by atoms with Crippen molar-refractivity contribution < 1.29 is 9.53 Å². The van der Waals surface area contributed by atoms with Crippen molar-refractivity contribution in [3.63, 3.8) is 0 Å². The molecule has 1 atom stereocenters. The molecule has 0 heterocycles. The lowest BCUT2D eigenvalue weighted by atomic mass is 10.1. The molecule has 0 aromatic heterocycles. The van der Waals surface area contributed by atoms with Crippen LogP contribution >= 0.6 is 0 Å². The van der Waals surface area contributed by atoms with Gasteiger partial charge in [-0.2, -0.15) is 0 Å². The Bertz CT molecular complexity index is 368. The van der Waals surface area contributed by atoms with Crippen molar-refractivity contribution in [1.29, 1.82) is 0 Å². The summed E-state index contributed by atoms with van der Waals surface area (Å²) in [4.78, 5) is 13.7. The molecule has 0 saturated heterocycles. The first-order valence-electron chi connectivity index (χ1n) is 6.72. The Balaban J connectivity index is 2.62. The zero-order chi connectivity index (χ0) is 14.1. The molecule has 2 N–H and O–H groups in total. The van der Waals surface area contributed by atoms with Gasteiger partial charge in [0.05, 0.1) is 13.5 Å². The SMILES string of the molecule is COC(=O)CC(C)N(CCCN)Cc1ccccc1. The quantitative estimate of drug-likeness (QED) is 0.727. The second-order valence-corrected chi connectivity index (χ2v) is 4.73. The fraction of sp³-hybridized carbons (Fsp3) is 0.533. The molecule has 0 fully saturated rings. The fourth-order valence-corrected chi connectivity index (χ4v) is 2.02. The molecule has 1 aromatic carbocycles. The van der Waals surface area contributed by atoms with E-state index >= 15 is 0 Å². The smallest absolute Gasteiger partial charge is 0.307 e. The highest BCUT2D eigenvalue weighted by Gasteiger charge is 2.17. The molecule has 19 heavy (non-hydrogen) atoms. The first-order valence-corrected chi connectivity index (χ1v) is 6.72. The minimum absolute atomic E-state index is 0.152. The summed E-state index contributed by atoms with van der Waals surface area (Å²) in [7, 11) is 1.43. The number of hydrogen-bond donors (Lipinski definition) is 1. The highest BCUT2D eigenvalue weighted by Crippen LogP contribution is 2.11.